The van der Waals surface area contributed by atoms with Crippen LogP contribution in [0.25, 0.3) is 0 Å². The van der Waals surface area contributed by atoms with E-state index in [0.29, 0.717) is 0 Å². The predicted octanol–water partition coefficient (Wildman–Crippen LogP) is 1.28. The largest absolute Gasteiger partial charge is 0.369 e. The molecule has 0 bridgehead atoms. The summed E-state index contributed by atoms with van der Waals surface area (Å²) in [7, 11) is 0. The number of piperidine rings is 1. The molecule has 1 aliphatic heterocycles. The minimum absolute atomic E-state index is 0.762. The smallest absolute Gasteiger partial charge is 0.0779 e. The van der Waals surface area contributed by atoms with Crippen LogP contribution in [0, 0.1) is 12.8 Å². The molecule has 15 heavy (non-hydrogen) atoms. The molecule has 1 aliphatic rings. The van der Waals surface area contributed by atoms with Gasteiger partial charge in [-0.2, -0.15) is 5.10 Å². The van der Waals surface area contributed by atoms with Gasteiger partial charge in [0.2, 0.25) is 0 Å². The molecule has 2 heterocycles. The van der Waals surface area contributed by atoms with Crippen LogP contribution in [0.2, 0.25) is 0 Å². The van der Waals surface area contributed by atoms with Gasteiger partial charge in [-0.15, -0.1) is 0 Å². The summed E-state index contributed by atoms with van der Waals surface area (Å²) in [6, 6.07) is 0. The van der Waals surface area contributed by atoms with E-state index < -0.39 is 0 Å². The number of nitrogens with two attached hydrogens (primary N) is 1. The van der Waals surface area contributed by atoms with Crippen molar-refractivity contribution >= 4 is 5.69 Å². The molecule has 1 atom stereocenters. The number of aromatic nitrogens is 2. The first kappa shape index (κ1) is 10.5. The molecule has 4 heteroatoms. The molecular weight excluding hydrogens is 188 g/mol. The Labute approximate surface area is 90.8 Å². The van der Waals surface area contributed by atoms with Gasteiger partial charge in [0.15, 0.2) is 0 Å². The summed E-state index contributed by atoms with van der Waals surface area (Å²) in [5.41, 5.74) is 8.05. The fraction of sp³-hybridized carbons (Fsp3) is 0.727. The Kier molecular flexibility index (Phi) is 3.26. The van der Waals surface area contributed by atoms with E-state index in [4.69, 9.17) is 5.73 Å². The van der Waals surface area contributed by atoms with Gasteiger partial charge in [-0.3, -0.25) is 5.10 Å². The van der Waals surface area contributed by atoms with Crippen molar-refractivity contribution in [3.8, 4) is 0 Å². The number of nitrogens with zero attached hydrogens (tertiary/aromatic N) is 2. The number of anilines is 1. The van der Waals surface area contributed by atoms with E-state index in [-0.39, 0.29) is 0 Å². The second-order valence-corrected chi connectivity index (χ2v) is 4.41. The van der Waals surface area contributed by atoms with Gasteiger partial charge in [-0.25, -0.2) is 0 Å². The van der Waals surface area contributed by atoms with Gasteiger partial charge in [0.05, 0.1) is 17.6 Å². The molecule has 1 saturated heterocycles. The molecule has 1 fully saturated rings. The van der Waals surface area contributed by atoms with Gasteiger partial charge in [0.1, 0.15) is 0 Å². The van der Waals surface area contributed by atoms with Crippen molar-refractivity contribution in [2.45, 2.75) is 26.2 Å². The molecule has 1 aromatic rings. The summed E-state index contributed by atoms with van der Waals surface area (Å²) in [5, 5.41) is 7.07. The van der Waals surface area contributed by atoms with Crippen molar-refractivity contribution in [2.24, 2.45) is 11.7 Å². The van der Waals surface area contributed by atoms with Crippen LogP contribution in [0.4, 0.5) is 5.69 Å². The van der Waals surface area contributed by atoms with Crippen molar-refractivity contribution < 1.29 is 0 Å². The third-order valence-electron chi connectivity index (χ3n) is 3.24. The van der Waals surface area contributed by atoms with Gasteiger partial charge in [0.25, 0.3) is 0 Å². The first-order chi connectivity index (χ1) is 7.31. The zero-order chi connectivity index (χ0) is 10.7. The fourth-order valence-electron chi connectivity index (χ4n) is 2.42. The Bertz CT molecular complexity index is 305. The monoisotopic (exact) mass is 208 g/mol. The van der Waals surface area contributed by atoms with E-state index >= 15 is 0 Å². The first-order valence-corrected chi connectivity index (χ1v) is 5.76. The number of H-pyrrole nitrogens is 1. The molecule has 1 unspecified atom stereocenters. The van der Waals surface area contributed by atoms with E-state index in [1.807, 2.05) is 6.20 Å². The van der Waals surface area contributed by atoms with Crippen LogP contribution in [-0.2, 0) is 0 Å². The van der Waals surface area contributed by atoms with Crippen molar-refractivity contribution in [2.75, 3.05) is 24.5 Å². The summed E-state index contributed by atoms with van der Waals surface area (Å²) in [6.07, 6.45) is 5.67. The maximum Gasteiger partial charge on any atom is 0.0779 e. The molecule has 0 aromatic carbocycles. The van der Waals surface area contributed by atoms with Gasteiger partial charge < -0.3 is 10.6 Å². The lowest BCUT2D eigenvalue weighted by Gasteiger charge is -2.33. The van der Waals surface area contributed by atoms with Crippen LogP contribution < -0.4 is 10.6 Å². The highest BCUT2D eigenvalue weighted by Crippen LogP contribution is 2.25. The Hall–Kier alpha value is -1.03. The molecule has 0 aliphatic carbocycles. The number of hydrogen-bond donors (Lipinski definition) is 2. The van der Waals surface area contributed by atoms with E-state index in [0.717, 1.165) is 32.0 Å². The predicted molar refractivity (Wildman–Crippen MR) is 61.9 cm³/mol. The highest BCUT2D eigenvalue weighted by molar-refractivity contribution is 5.48. The molecule has 0 amide bonds. The first-order valence-electron chi connectivity index (χ1n) is 5.76. The number of aromatic amines is 1. The second kappa shape index (κ2) is 4.66. The summed E-state index contributed by atoms with van der Waals surface area (Å²) in [4.78, 5) is 2.43. The fourth-order valence-corrected chi connectivity index (χ4v) is 2.42. The third kappa shape index (κ3) is 2.31. The zero-order valence-electron chi connectivity index (χ0n) is 9.37. The lowest BCUT2D eigenvalue weighted by atomic mass is 9.94. The standard InChI is InChI=1S/C11H20N4/c1-9-11(7-13-14-9)15-6-2-3-10(8-15)4-5-12/h7,10H,2-6,8,12H2,1H3,(H,13,14). The molecule has 0 radical (unpaired) electrons. The molecule has 0 spiro atoms. The van der Waals surface area contributed by atoms with E-state index in [1.165, 1.54) is 24.2 Å². The molecule has 4 nitrogen and oxygen atoms in total. The maximum absolute atomic E-state index is 5.62. The summed E-state index contributed by atoms with van der Waals surface area (Å²) >= 11 is 0. The lowest BCUT2D eigenvalue weighted by Crippen LogP contribution is -2.36. The highest BCUT2D eigenvalue weighted by Gasteiger charge is 2.21. The quantitative estimate of drug-likeness (QED) is 0.786. The topological polar surface area (TPSA) is 57.9 Å². The molecule has 84 valence electrons. The van der Waals surface area contributed by atoms with Crippen LogP contribution >= 0.6 is 0 Å². The van der Waals surface area contributed by atoms with Crippen LogP contribution in [0.3, 0.4) is 0 Å². The summed E-state index contributed by atoms with van der Waals surface area (Å²) in [5.74, 6) is 0.762. The van der Waals surface area contributed by atoms with Crippen LogP contribution in [0.15, 0.2) is 6.20 Å². The van der Waals surface area contributed by atoms with Crippen LogP contribution in [0.5, 0.6) is 0 Å². The highest BCUT2D eigenvalue weighted by atomic mass is 15.2. The van der Waals surface area contributed by atoms with Gasteiger partial charge in [-0.1, -0.05) is 0 Å². The maximum atomic E-state index is 5.62. The normalized spacial score (nSPS) is 22.0. The SMILES string of the molecule is Cc1[nH]ncc1N1CCCC(CCN)C1. The van der Waals surface area contributed by atoms with Gasteiger partial charge in [0, 0.05) is 13.1 Å². The van der Waals surface area contributed by atoms with E-state index in [9.17, 15) is 0 Å². The Morgan fingerprint density at radius 3 is 3.20 bits per heavy atom. The van der Waals surface area contributed by atoms with Gasteiger partial charge >= 0.3 is 0 Å². The average Bonchev–Trinajstić information content (AvgIpc) is 2.65. The van der Waals surface area contributed by atoms with Crippen molar-refractivity contribution in [3.63, 3.8) is 0 Å². The molecular formula is C11H20N4. The summed E-state index contributed by atoms with van der Waals surface area (Å²) < 4.78 is 0. The molecule has 1 aromatic heterocycles. The average molecular weight is 208 g/mol. The van der Waals surface area contributed by atoms with E-state index in [2.05, 4.69) is 22.0 Å². The molecule has 0 saturated carbocycles. The lowest BCUT2D eigenvalue weighted by molar-refractivity contribution is 0.396. The Balaban J connectivity index is 2.01. The number of nitrogens with one attached hydrogen (secondary N) is 1. The molecule has 2 rings (SSSR count). The summed E-state index contributed by atoms with van der Waals surface area (Å²) in [6.45, 7) is 5.18. The minimum atomic E-state index is 0.762. The van der Waals surface area contributed by atoms with Crippen LogP contribution in [-0.4, -0.2) is 29.8 Å². The van der Waals surface area contributed by atoms with Crippen molar-refractivity contribution in [1.29, 1.82) is 0 Å². The second-order valence-electron chi connectivity index (χ2n) is 4.41. The third-order valence-corrected chi connectivity index (χ3v) is 3.24. The van der Waals surface area contributed by atoms with Crippen LogP contribution in [0.1, 0.15) is 25.0 Å². The van der Waals surface area contributed by atoms with Gasteiger partial charge in [-0.05, 0) is 38.6 Å². The molecule has 3 N–H and O–H groups in total. The number of aryl methyl sites for hydroxylation is 1. The van der Waals surface area contributed by atoms with Crippen molar-refractivity contribution in [1.82, 2.24) is 10.2 Å². The number of rotatable bonds is 3. The zero-order valence-corrected chi connectivity index (χ0v) is 9.37. The van der Waals surface area contributed by atoms with Crippen molar-refractivity contribution in [3.05, 3.63) is 11.9 Å². The minimum Gasteiger partial charge on any atom is -0.369 e. The van der Waals surface area contributed by atoms with E-state index in [1.54, 1.807) is 0 Å². The Morgan fingerprint density at radius 2 is 2.53 bits per heavy atom. The number of hydrogen-bond acceptors (Lipinski definition) is 3. The Morgan fingerprint density at radius 1 is 1.67 bits per heavy atom.